The summed E-state index contributed by atoms with van der Waals surface area (Å²) in [6.45, 7) is 1.90. The van der Waals surface area contributed by atoms with Crippen LogP contribution in [0.5, 0.6) is 0 Å². The molecule has 3 heteroatoms. The molecule has 2 aromatic rings. The molecule has 0 aliphatic carbocycles. The molecule has 0 atom stereocenters. The van der Waals surface area contributed by atoms with Gasteiger partial charge >= 0.3 is 5.97 Å². The fourth-order valence-electron chi connectivity index (χ4n) is 1.83. The number of hydrogen-bond donors (Lipinski definition) is 1. The number of carbonyl (C=O) groups is 1. The van der Waals surface area contributed by atoms with E-state index in [9.17, 15) is 14.3 Å². The lowest BCUT2D eigenvalue weighted by Gasteiger charge is -2.05. The molecular formula is C16H13FO2. The van der Waals surface area contributed by atoms with E-state index in [1.54, 1.807) is 12.1 Å². The van der Waals surface area contributed by atoms with Crippen molar-refractivity contribution in [1.29, 1.82) is 0 Å². The van der Waals surface area contributed by atoms with Crippen molar-refractivity contribution in [2.45, 2.75) is 6.92 Å². The van der Waals surface area contributed by atoms with Crippen LogP contribution in [0.15, 0.2) is 48.5 Å². The largest absolute Gasteiger partial charge is 0.478 e. The van der Waals surface area contributed by atoms with Crippen molar-refractivity contribution in [3.05, 3.63) is 71.0 Å². The highest BCUT2D eigenvalue weighted by Crippen LogP contribution is 2.21. The van der Waals surface area contributed by atoms with Crippen LogP contribution in [-0.4, -0.2) is 11.1 Å². The van der Waals surface area contributed by atoms with Crippen LogP contribution in [0.25, 0.3) is 11.6 Å². The van der Waals surface area contributed by atoms with Crippen molar-refractivity contribution in [1.82, 2.24) is 0 Å². The Balaban J connectivity index is 2.53. The fraction of sp³-hybridized carbons (Fsp3) is 0.0625. The molecule has 0 bridgehead atoms. The van der Waals surface area contributed by atoms with Crippen LogP contribution in [0.3, 0.4) is 0 Å². The molecule has 0 amide bonds. The molecule has 0 radical (unpaired) electrons. The first-order valence-electron chi connectivity index (χ1n) is 5.84. The summed E-state index contributed by atoms with van der Waals surface area (Å²) in [5.74, 6) is -1.52. The van der Waals surface area contributed by atoms with Crippen molar-refractivity contribution < 1.29 is 14.3 Å². The first-order chi connectivity index (χ1) is 9.08. The zero-order valence-electron chi connectivity index (χ0n) is 10.4. The molecule has 0 unspecified atom stereocenters. The normalized spacial score (nSPS) is 11.4. The summed E-state index contributed by atoms with van der Waals surface area (Å²) in [4.78, 5) is 11.3. The molecule has 0 aliphatic rings. The van der Waals surface area contributed by atoms with Crippen LogP contribution in [0.1, 0.15) is 16.7 Å². The summed E-state index contributed by atoms with van der Waals surface area (Å²) >= 11 is 0. The van der Waals surface area contributed by atoms with Gasteiger partial charge in [0.25, 0.3) is 0 Å². The smallest absolute Gasteiger partial charge is 0.336 e. The van der Waals surface area contributed by atoms with Gasteiger partial charge in [0.1, 0.15) is 5.82 Å². The van der Waals surface area contributed by atoms with E-state index in [0.717, 1.165) is 11.1 Å². The highest BCUT2D eigenvalue weighted by atomic mass is 19.1. The summed E-state index contributed by atoms with van der Waals surface area (Å²) in [7, 11) is 0. The van der Waals surface area contributed by atoms with Gasteiger partial charge in [0, 0.05) is 0 Å². The lowest BCUT2D eigenvalue weighted by Crippen LogP contribution is -2.00. The Labute approximate surface area is 110 Å². The van der Waals surface area contributed by atoms with E-state index in [-0.39, 0.29) is 5.57 Å². The number of halogens is 1. The number of aryl methyl sites for hydroxylation is 1. The molecule has 2 rings (SSSR count). The summed E-state index contributed by atoms with van der Waals surface area (Å²) < 4.78 is 13.2. The fourth-order valence-corrected chi connectivity index (χ4v) is 1.83. The minimum absolute atomic E-state index is 0.0776. The maximum absolute atomic E-state index is 13.2. The van der Waals surface area contributed by atoms with Gasteiger partial charge in [-0.05, 0) is 41.8 Å². The number of carboxylic acids is 1. The SMILES string of the molecule is Cc1ccccc1/C=C(/C(=O)O)c1cccc(F)c1. The van der Waals surface area contributed by atoms with Gasteiger partial charge in [-0.25, -0.2) is 9.18 Å². The molecule has 96 valence electrons. The molecule has 0 aromatic heterocycles. The van der Waals surface area contributed by atoms with Crippen molar-refractivity contribution in [2.24, 2.45) is 0 Å². The van der Waals surface area contributed by atoms with Crippen LogP contribution < -0.4 is 0 Å². The van der Waals surface area contributed by atoms with Crippen molar-refractivity contribution in [3.63, 3.8) is 0 Å². The maximum Gasteiger partial charge on any atom is 0.336 e. The highest BCUT2D eigenvalue weighted by Gasteiger charge is 2.11. The molecule has 0 saturated carbocycles. The molecule has 0 spiro atoms. The van der Waals surface area contributed by atoms with Gasteiger partial charge in [0.05, 0.1) is 5.57 Å². The minimum atomic E-state index is -1.08. The maximum atomic E-state index is 13.2. The Kier molecular flexibility index (Phi) is 3.76. The Bertz CT molecular complexity index is 645. The predicted octanol–water partition coefficient (Wildman–Crippen LogP) is 3.76. The quantitative estimate of drug-likeness (QED) is 0.670. The second-order valence-corrected chi connectivity index (χ2v) is 4.23. The second-order valence-electron chi connectivity index (χ2n) is 4.23. The molecule has 2 aromatic carbocycles. The minimum Gasteiger partial charge on any atom is -0.478 e. The van der Waals surface area contributed by atoms with Crippen molar-refractivity contribution in [3.8, 4) is 0 Å². The van der Waals surface area contributed by atoms with Gasteiger partial charge < -0.3 is 5.11 Å². The standard InChI is InChI=1S/C16H13FO2/c1-11-5-2-3-6-12(11)10-15(16(18)19)13-7-4-8-14(17)9-13/h2-10H,1H3,(H,18,19)/b15-10+. The number of hydrogen-bond acceptors (Lipinski definition) is 1. The summed E-state index contributed by atoms with van der Waals surface area (Å²) in [6.07, 6.45) is 1.56. The molecule has 0 aliphatic heterocycles. The zero-order chi connectivity index (χ0) is 13.8. The third-order valence-electron chi connectivity index (χ3n) is 2.85. The first-order valence-corrected chi connectivity index (χ1v) is 5.84. The highest BCUT2D eigenvalue weighted by molar-refractivity contribution is 6.20. The van der Waals surface area contributed by atoms with Crippen molar-refractivity contribution >= 4 is 17.6 Å². The molecular weight excluding hydrogens is 243 g/mol. The topological polar surface area (TPSA) is 37.3 Å². The monoisotopic (exact) mass is 256 g/mol. The van der Waals surface area contributed by atoms with E-state index >= 15 is 0 Å². The van der Waals surface area contributed by atoms with Gasteiger partial charge in [-0.3, -0.25) is 0 Å². The van der Waals surface area contributed by atoms with Gasteiger partial charge in [0.15, 0.2) is 0 Å². The van der Waals surface area contributed by atoms with Crippen LogP contribution in [-0.2, 0) is 4.79 Å². The van der Waals surface area contributed by atoms with E-state index in [1.165, 1.54) is 18.2 Å². The number of carboxylic acid groups (broad SMARTS) is 1. The molecule has 0 fully saturated rings. The van der Waals surface area contributed by atoms with Crippen LogP contribution in [0, 0.1) is 12.7 Å². The van der Waals surface area contributed by atoms with Gasteiger partial charge in [-0.2, -0.15) is 0 Å². The first kappa shape index (κ1) is 13.0. The Morgan fingerprint density at radius 2 is 1.89 bits per heavy atom. The number of benzene rings is 2. The van der Waals surface area contributed by atoms with E-state index in [2.05, 4.69) is 0 Å². The zero-order valence-corrected chi connectivity index (χ0v) is 10.4. The average Bonchev–Trinajstić information content (AvgIpc) is 2.37. The Morgan fingerprint density at radius 1 is 1.16 bits per heavy atom. The molecule has 2 nitrogen and oxygen atoms in total. The lowest BCUT2D eigenvalue weighted by atomic mass is 10.0. The average molecular weight is 256 g/mol. The van der Waals surface area contributed by atoms with E-state index < -0.39 is 11.8 Å². The molecule has 0 saturated heterocycles. The summed E-state index contributed by atoms with van der Waals surface area (Å²) in [5.41, 5.74) is 2.21. The number of aliphatic carboxylic acids is 1. The molecule has 1 N–H and O–H groups in total. The molecule has 19 heavy (non-hydrogen) atoms. The van der Waals surface area contributed by atoms with Gasteiger partial charge in [-0.15, -0.1) is 0 Å². The van der Waals surface area contributed by atoms with Crippen molar-refractivity contribution in [2.75, 3.05) is 0 Å². The summed E-state index contributed by atoms with van der Waals surface area (Å²) in [5, 5.41) is 9.28. The van der Waals surface area contributed by atoms with E-state index in [0.29, 0.717) is 5.56 Å². The second kappa shape index (κ2) is 5.48. The van der Waals surface area contributed by atoms with Crippen LogP contribution >= 0.6 is 0 Å². The third-order valence-corrected chi connectivity index (χ3v) is 2.85. The molecule has 0 heterocycles. The van der Waals surface area contributed by atoms with Gasteiger partial charge in [0.2, 0.25) is 0 Å². The summed E-state index contributed by atoms with van der Waals surface area (Å²) in [6, 6.07) is 13.0. The Morgan fingerprint density at radius 3 is 2.53 bits per heavy atom. The van der Waals surface area contributed by atoms with E-state index in [1.807, 2.05) is 31.2 Å². The van der Waals surface area contributed by atoms with Crippen LogP contribution in [0.4, 0.5) is 4.39 Å². The number of rotatable bonds is 3. The third kappa shape index (κ3) is 3.07. The lowest BCUT2D eigenvalue weighted by molar-refractivity contribution is -0.130. The van der Waals surface area contributed by atoms with E-state index in [4.69, 9.17) is 0 Å². The van der Waals surface area contributed by atoms with Gasteiger partial charge in [-0.1, -0.05) is 36.4 Å². The predicted molar refractivity (Wildman–Crippen MR) is 73.1 cm³/mol. The Hall–Kier alpha value is -2.42. The van der Waals surface area contributed by atoms with Crippen LogP contribution in [0.2, 0.25) is 0 Å².